The molecule has 30 heavy (non-hydrogen) atoms. The van der Waals surface area contributed by atoms with Gasteiger partial charge in [-0.3, -0.25) is 9.52 Å². The maximum Gasteiger partial charge on any atom is 0.329 e. The Morgan fingerprint density at radius 2 is 1.80 bits per heavy atom. The van der Waals surface area contributed by atoms with E-state index in [2.05, 4.69) is 15.0 Å². The second-order valence-electron chi connectivity index (χ2n) is 6.24. The Morgan fingerprint density at radius 3 is 2.57 bits per heavy atom. The summed E-state index contributed by atoms with van der Waals surface area (Å²) in [7, 11) is 1.55. The van der Waals surface area contributed by atoms with E-state index in [0.29, 0.717) is 40.4 Å². The number of nitrogens with one attached hydrogen (secondary N) is 2. The van der Waals surface area contributed by atoms with Crippen LogP contribution in [-0.2, 0) is 0 Å². The zero-order valence-corrected chi connectivity index (χ0v) is 16.7. The molecule has 4 aromatic rings. The van der Waals surface area contributed by atoms with Crippen molar-refractivity contribution >= 4 is 39.9 Å². The molecule has 150 valence electrons. The van der Waals surface area contributed by atoms with Gasteiger partial charge in [0.25, 0.3) is 0 Å². The highest BCUT2D eigenvalue weighted by Gasteiger charge is 2.12. The van der Waals surface area contributed by atoms with E-state index in [1.54, 1.807) is 49.6 Å². The van der Waals surface area contributed by atoms with Gasteiger partial charge >= 0.3 is 6.03 Å². The summed E-state index contributed by atoms with van der Waals surface area (Å²) in [5.41, 5.74) is 3.18. The highest BCUT2D eigenvalue weighted by atomic mass is 32.2. The normalized spacial score (nSPS) is 10.6. The van der Waals surface area contributed by atoms with Crippen molar-refractivity contribution in [2.45, 2.75) is 0 Å². The number of methoxy groups -OCH3 is 1. The molecule has 0 aliphatic carbocycles. The standard InChI is InChI=1S/C22H17N3O4S/c1-28-17-11-9-14(10-12-17)21(26)30-25-22(27)23-16-6-4-5-15(13-16)20-24-18-7-2-3-8-19(18)29-20/h2-13H,1H3,(H2,23,25,27). The second-order valence-corrected chi connectivity index (χ2v) is 7.02. The Balaban J connectivity index is 1.38. The number of benzene rings is 3. The summed E-state index contributed by atoms with van der Waals surface area (Å²) in [6, 6.07) is 20.7. The number of hydrogen-bond donors (Lipinski definition) is 2. The number of hydrogen-bond acceptors (Lipinski definition) is 6. The Hall–Kier alpha value is -3.78. The van der Waals surface area contributed by atoms with Crippen molar-refractivity contribution in [3.63, 3.8) is 0 Å². The highest BCUT2D eigenvalue weighted by molar-refractivity contribution is 8.12. The number of rotatable bonds is 4. The average Bonchev–Trinajstić information content (AvgIpc) is 3.22. The van der Waals surface area contributed by atoms with E-state index < -0.39 is 6.03 Å². The Kier molecular flexibility index (Phi) is 5.67. The fraction of sp³-hybridized carbons (Fsp3) is 0.0455. The number of carbonyl (C=O) groups is 2. The van der Waals surface area contributed by atoms with E-state index >= 15 is 0 Å². The molecule has 0 aliphatic rings. The molecule has 1 aromatic heterocycles. The molecule has 0 saturated heterocycles. The van der Waals surface area contributed by atoms with Crippen molar-refractivity contribution in [2.75, 3.05) is 12.4 Å². The lowest BCUT2D eigenvalue weighted by atomic mass is 10.2. The number of urea groups is 1. The van der Waals surface area contributed by atoms with Gasteiger partial charge in [-0.25, -0.2) is 9.78 Å². The van der Waals surface area contributed by atoms with E-state index in [-0.39, 0.29) is 5.12 Å². The first kappa shape index (κ1) is 19.5. The lowest BCUT2D eigenvalue weighted by molar-refractivity contribution is 0.108. The van der Waals surface area contributed by atoms with Crippen LogP contribution in [0.25, 0.3) is 22.6 Å². The Labute approximate surface area is 176 Å². The monoisotopic (exact) mass is 419 g/mol. The minimum Gasteiger partial charge on any atom is -0.497 e. The second kappa shape index (κ2) is 8.71. The van der Waals surface area contributed by atoms with E-state index in [1.807, 2.05) is 30.3 Å². The lowest BCUT2D eigenvalue weighted by Crippen LogP contribution is -2.24. The molecule has 3 aromatic carbocycles. The molecule has 2 amide bonds. The predicted octanol–water partition coefficient (Wildman–Crippen LogP) is 5.11. The number of nitrogens with zero attached hydrogens (tertiary/aromatic N) is 1. The number of anilines is 1. The number of carbonyl (C=O) groups excluding carboxylic acids is 2. The third kappa shape index (κ3) is 4.44. The molecule has 0 spiro atoms. The molecule has 7 nitrogen and oxygen atoms in total. The zero-order valence-electron chi connectivity index (χ0n) is 15.9. The van der Waals surface area contributed by atoms with Crippen molar-refractivity contribution in [2.24, 2.45) is 0 Å². The largest absolute Gasteiger partial charge is 0.497 e. The van der Waals surface area contributed by atoms with Crippen LogP contribution in [0.5, 0.6) is 5.75 Å². The first-order valence-electron chi connectivity index (χ1n) is 9.00. The summed E-state index contributed by atoms with van der Waals surface area (Å²) < 4.78 is 13.3. The molecule has 0 bridgehead atoms. The molecular weight excluding hydrogens is 402 g/mol. The third-order valence-corrected chi connectivity index (χ3v) is 4.93. The van der Waals surface area contributed by atoms with Crippen molar-refractivity contribution in [1.82, 2.24) is 9.71 Å². The van der Waals surface area contributed by atoms with Crippen molar-refractivity contribution < 1.29 is 18.7 Å². The minimum atomic E-state index is -0.517. The van der Waals surface area contributed by atoms with E-state index in [9.17, 15) is 9.59 Å². The van der Waals surface area contributed by atoms with Crippen LogP contribution in [-0.4, -0.2) is 23.2 Å². The van der Waals surface area contributed by atoms with Gasteiger partial charge in [0.2, 0.25) is 11.0 Å². The van der Waals surface area contributed by atoms with Gasteiger partial charge in [0, 0.05) is 28.8 Å². The lowest BCUT2D eigenvalue weighted by Gasteiger charge is -2.07. The first-order chi connectivity index (χ1) is 14.6. The van der Waals surface area contributed by atoms with E-state index in [1.165, 1.54) is 0 Å². The van der Waals surface area contributed by atoms with Gasteiger partial charge in [0.15, 0.2) is 5.58 Å². The maximum absolute atomic E-state index is 12.2. The summed E-state index contributed by atoms with van der Waals surface area (Å²) in [4.78, 5) is 28.8. The van der Waals surface area contributed by atoms with Gasteiger partial charge in [-0.15, -0.1) is 0 Å². The molecule has 2 N–H and O–H groups in total. The van der Waals surface area contributed by atoms with Crippen LogP contribution in [0.4, 0.5) is 10.5 Å². The number of amides is 2. The van der Waals surface area contributed by atoms with Crippen LogP contribution < -0.4 is 14.8 Å². The smallest absolute Gasteiger partial charge is 0.329 e. The van der Waals surface area contributed by atoms with Crippen LogP contribution in [0, 0.1) is 0 Å². The molecule has 0 aliphatic heterocycles. The quantitative estimate of drug-likeness (QED) is 0.446. The van der Waals surface area contributed by atoms with Crippen LogP contribution in [0.1, 0.15) is 10.4 Å². The van der Waals surface area contributed by atoms with E-state index in [0.717, 1.165) is 11.1 Å². The van der Waals surface area contributed by atoms with Crippen LogP contribution in [0.3, 0.4) is 0 Å². The summed E-state index contributed by atoms with van der Waals surface area (Å²) in [6.07, 6.45) is 0. The molecule has 0 radical (unpaired) electrons. The summed E-state index contributed by atoms with van der Waals surface area (Å²) in [5, 5.41) is 2.41. The number of fused-ring (bicyclic) bond motifs is 1. The van der Waals surface area contributed by atoms with Crippen LogP contribution in [0.2, 0.25) is 0 Å². The fourth-order valence-corrected chi connectivity index (χ4v) is 3.25. The topological polar surface area (TPSA) is 93.5 Å². The van der Waals surface area contributed by atoms with Crippen LogP contribution >= 0.6 is 11.9 Å². The number of aromatic nitrogens is 1. The van der Waals surface area contributed by atoms with Gasteiger partial charge in [-0.1, -0.05) is 18.2 Å². The highest BCUT2D eigenvalue weighted by Crippen LogP contribution is 2.26. The minimum absolute atomic E-state index is 0.284. The average molecular weight is 419 g/mol. The molecule has 0 atom stereocenters. The summed E-state index contributed by atoms with van der Waals surface area (Å²) >= 11 is 0.701. The van der Waals surface area contributed by atoms with Crippen molar-refractivity contribution in [3.8, 4) is 17.2 Å². The van der Waals surface area contributed by atoms with Gasteiger partial charge < -0.3 is 14.5 Å². The molecule has 0 unspecified atom stereocenters. The van der Waals surface area contributed by atoms with Gasteiger partial charge in [-0.2, -0.15) is 0 Å². The molecule has 1 heterocycles. The van der Waals surface area contributed by atoms with Gasteiger partial charge in [0.1, 0.15) is 11.3 Å². The number of para-hydroxylation sites is 2. The SMILES string of the molecule is COc1ccc(C(=O)SNC(=O)Nc2cccc(-c3nc4ccccc4o3)c2)cc1. The molecule has 8 heteroatoms. The molecule has 0 saturated carbocycles. The molecule has 4 rings (SSSR count). The maximum atomic E-state index is 12.2. The van der Waals surface area contributed by atoms with Crippen molar-refractivity contribution in [3.05, 3.63) is 78.4 Å². The zero-order chi connectivity index (χ0) is 20.9. The third-order valence-electron chi connectivity index (χ3n) is 4.22. The van der Waals surface area contributed by atoms with Gasteiger partial charge in [-0.05, 0) is 54.6 Å². The summed E-state index contributed by atoms with van der Waals surface area (Å²) in [6.45, 7) is 0. The Bertz CT molecular complexity index is 1170. The van der Waals surface area contributed by atoms with Crippen LogP contribution in [0.15, 0.2) is 77.2 Å². The number of ether oxygens (including phenoxy) is 1. The summed E-state index contributed by atoms with van der Waals surface area (Å²) in [5.74, 6) is 1.12. The number of oxazole rings is 1. The Morgan fingerprint density at radius 1 is 1.00 bits per heavy atom. The van der Waals surface area contributed by atoms with Gasteiger partial charge in [0.05, 0.1) is 7.11 Å². The predicted molar refractivity (Wildman–Crippen MR) is 117 cm³/mol. The van der Waals surface area contributed by atoms with E-state index in [4.69, 9.17) is 9.15 Å². The van der Waals surface area contributed by atoms with Crippen molar-refractivity contribution in [1.29, 1.82) is 0 Å². The molecular formula is C22H17N3O4S. The fourth-order valence-electron chi connectivity index (χ4n) is 2.76. The first-order valence-corrected chi connectivity index (χ1v) is 9.82. The molecule has 0 fully saturated rings.